The Balaban J connectivity index is 1.79. The fourth-order valence-electron chi connectivity index (χ4n) is 2.29. The predicted octanol–water partition coefficient (Wildman–Crippen LogP) is 2.78. The number of aromatic nitrogens is 1. The number of benzene rings is 1. The number of anilines is 2. The Bertz CT molecular complexity index is 561. The topological polar surface area (TPSA) is 60.2 Å². The standard InChI is InChI=1S/C13H17N3OS/c1-8-16-12-6-11(10(14)5-13(12)18-8)15-7-9-3-2-4-17-9/h5-6,9,15H,2-4,7,14H2,1H3. The van der Waals surface area contributed by atoms with Crippen molar-refractivity contribution in [2.75, 3.05) is 24.2 Å². The molecule has 0 bridgehead atoms. The van der Waals surface area contributed by atoms with Crippen molar-refractivity contribution >= 4 is 32.9 Å². The van der Waals surface area contributed by atoms with Crippen LogP contribution in [0.5, 0.6) is 0 Å². The molecule has 18 heavy (non-hydrogen) atoms. The summed E-state index contributed by atoms with van der Waals surface area (Å²) in [6.45, 7) is 3.71. The Morgan fingerprint density at radius 2 is 2.44 bits per heavy atom. The van der Waals surface area contributed by atoms with Gasteiger partial charge in [-0.2, -0.15) is 0 Å². The summed E-state index contributed by atoms with van der Waals surface area (Å²) < 4.78 is 6.74. The Kier molecular flexibility index (Phi) is 3.09. The van der Waals surface area contributed by atoms with Crippen LogP contribution in [-0.2, 0) is 4.74 Å². The number of nitrogens with two attached hydrogens (primary N) is 1. The number of fused-ring (bicyclic) bond motifs is 1. The Morgan fingerprint density at radius 1 is 1.56 bits per heavy atom. The van der Waals surface area contributed by atoms with Gasteiger partial charge in [0.05, 0.1) is 32.7 Å². The summed E-state index contributed by atoms with van der Waals surface area (Å²) in [7, 11) is 0. The molecule has 0 aliphatic carbocycles. The number of nitrogens with one attached hydrogen (secondary N) is 1. The summed E-state index contributed by atoms with van der Waals surface area (Å²) in [6, 6.07) is 4.03. The Labute approximate surface area is 110 Å². The van der Waals surface area contributed by atoms with Gasteiger partial charge in [0, 0.05) is 13.2 Å². The molecule has 1 atom stereocenters. The van der Waals surface area contributed by atoms with Crippen molar-refractivity contribution in [1.29, 1.82) is 0 Å². The fraction of sp³-hybridized carbons (Fsp3) is 0.462. The minimum atomic E-state index is 0.317. The molecule has 0 amide bonds. The third-order valence-corrected chi connectivity index (χ3v) is 4.14. The number of ether oxygens (including phenoxy) is 1. The molecule has 1 unspecified atom stereocenters. The van der Waals surface area contributed by atoms with Crippen LogP contribution >= 0.6 is 11.3 Å². The highest BCUT2D eigenvalue weighted by Crippen LogP contribution is 2.29. The first-order valence-electron chi connectivity index (χ1n) is 6.24. The van der Waals surface area contributed by atoms with Crippen molar-refractivity contribution in [3.05, 3.63) is 17.1 Å². The summed E-state index contributed by atoms with van der Waals surface area (Å²) >= 11 is 1.67. The van der Waals surface area contributed by atoms with Gasteiger partial charge in [-0.1, -0.05) is 0 Å². The second-order valence-corrected chi connectivity index (χ2v) is 5.89. The lowest BCUT2D eigenvalue weighted by atomic mass is 10.2. The maximum Gasteiger partial charge on any atom is 0.0907 e. The zero-order valence-electron chi connectivity index (χ0n) is 10.4. The minimum absolute atomic E-state index is 0.317. The predicted molar refractivity (Wildman–Crippen MR) is 76.2 cm³/mol. The molecule has 1 aromatic carbocycles. The molecule has 1 aromatic heterocycles. The molecule has 2 aromatic rings. The van der Waals surface area contributed by atoms with E-state index in [1.807, 2.05) is 19.1 Å². The van der Waals surface area contributed by atoms with E-state index in [0.29, 0.717) is 6.10 Å². The largest absolute Gasteiger partial charge is 0.397 e. The van der Waals surface area contributed by atoms with Gasteiger partial charge in [0.15, 0.2) is 0 Å². The van der Waals surface area contributed by atoms with Gasteiger partial charge in [-0.15, -0.1) is 11.3 Å². The van der Waals surface area contributed by atoms with Crippen LogP contribution in [-0.4, -0.2) is 24.2 Å². The van der Waals surface area contributed by atoms with Crippen LogP contribution in [0, 0.1) is 6.92 Å². The first kappa shape index (κ1) is 11.7. The molecule has 0 radical (unpaired) electrons. The van der Waals surface area contributed by atoms with Gasteiger partial charge in [-0.25, -0.2) is 4.98 Å². The fourth-order valence-corrected chi connectivity index (χ4v) is 3.14. The van der Waals surface area contributed by atoms with Crippen molar-refractivity contribution in [1.82, 2.24) is 4.98 Å². The first-order valence-corrected chi connectivity index (χ1v) is 7.06. The molecule has 3 N–H and O–H groups in total. The first-order chi connectivity index (χ1) is 8.72. The maximum absolute atomic E-state index is 6.06. The summed E-state index contributed by atoms with van der Waals surface area (Å²) in [5, 5.41) is 4.44. The van der Waals surface area contributed by atoms with Crippen molar-refractivity contribution in [3.8, 4) is 0 Å². The monoisotopic (exact) mass is 263 g/mol. The average Bonchev–Trinajstić information content (AvgIpc) is 2.94. The van der Waals surface area contributed by atoms with Gasteiger partial charge in [0.1, 0.15) is 0 Å². The molecular weight excluding hydrogens is 246 g/mol. The quantitative estimate of drug-likeness (QED) is 0.836. The van der Waals surface area contributed by atoms with Crippen LogP contribution in [0.1, 0.15) is 17.8 Å². The summed E-state index contributed by atoms with van der Waals surface area (Å²) in [4.78, 5) is 4.49. The molecular formula is C13H17N3OS. The number of nitrogens with zero attached hydrogens (tertiary/aromatic N) is 1. The van der Waals surface area contributed by atoms with E-state index in [4.69, 9.17) is 10.5 Å². The average molecular weight is 263 g/mol. The van der Waals surface area contributed by atoms with Gasteiger partial charge < -0.3 is 15.8 Å². The second-order valence-electron chi connectivity index (χ2n) is 4.66. The molecule has 5 heteroatoms. The summed E-state index contributed by atoms with van der Waals surface area (Å²) in [5.74, 6) is 0. The van der Waals surface area contributed by atoms with Gasteiger partial charge in [0.2, 0.25) is 0 Å². The molecule has 96 valence electrons. The van der Waals surface area contributed by atoms with Gasteiger partial charge >= 0.3 is 0 Å². The number of thiazole rings is 1. The zero-order chi connectivity index (χ0) is 12.5. The molecule has 2 heterocycles. The van der Waals surface area contributed by atoms with Gasteiger partial charge in [-0.3, -0.25) is 0 Å². The molecule has 1 aliphatic rings. The van der Waals surface area contributed by atoms with E-state index in [2.05, 4.69) is 10.3 Å². The SMILES string of the molecule is Cc1nc2cc(NCC3CCCO3)c(N)cc2s1. The number of rotatable bonds is 3. The lowest BCUT2D eigenvalue weighted by molar-refractivity contribution is 0.120. The zero-order valence-corrected chi connectivity index (χ0v) is 11.2. The molecule has 1 aliphatic heterocycles. The van der Waals surface area contributed by atoms with E-state index in [-0.39, 0.29) is 0 Å². The second kappa shape index (κ2) is 4.74. The molecule has 4 nitrogen and oxygen atoms in total. The highest BCUT2D eigenvalue weighted by Gasteiger charge is 2.15. The number of aryl methyl sites for hydroxylation is 1. The van der Waals surface area contributed by atoms with Crippen LogP contribution < -0.4 is 11.1 Å². The van der Waals surface area contributed by atoms with Crippen molar-refractivity contribution in [3.63, 3.8) is 0 Å². The van der Waals surface area contributed by atoms with E-state index in [9.17, 15) is 0 Å². The number of hydrogen-bond donors (Lipinski definition) is 2. The van der Waals surface area contributed by atoms with E-state index in [0.717, 1.165) is 52.6 Å². The van der Waals surface area contributed by atoms with Crippen molar-refractivity contribution in [2.45, 2.75) is 25.9 Å². The van der Waals surface area contributed by atoms with Crippen molar-refractivity contribution in [2.24, 2.45) is 0 Å². The molecule has 1 saturated heterocycles. The highest BCUT2D eigenvalue weighted by molar-refractivity contribution is 7.18. The van der Waals surface area contributed by atoms with Crippen LogP contribution in [0.2, 0.25) is 0 Å². The van der Waals surface area contributed by atoms with Crippen molar-refractivity contribution < 1.29 is 4.74 Å². The molecule has 1 fully saturated rings. The third-order valence-electron chi connectivity index (χ3n) is 3.21. The maximum atomic E-state index is 6.06. The normalized spacial score (nSPS) is 19.5. The molecule has 0 saturated carbocycles. The van der Waals surface area contributed by atoms with E-state index in [1.165, 1.54) is 0 Å². The number of nitrogen functional groups attached to an aromatic ring is 1. The number of hydrogen-bond acceptors (Lipinski definition) is 5. The van der Waals surface area contributed by atoms with Gasteiger partial charge in [-0.05, 0) is 31.9 Å². The minimum Gasteiger partial charge on any atom is -0.397 e. The van der Waals surface area contributed by atoms with Gasteiger partial charge in [0.25, 0.3) is 0 Å². The Hall–Kier alpha value is -1.33. The molecule has 0 spiro atoms. The Morgan fingerprint density at radius 3 is 3.22 bits per heavy atom. The van der Waals surface area contributed by atoms with E-state index >= 15 is 0 Å². The van der Waals surface area contributed by atoms with E-state index < -0.39 is 0 Å². The van der Waals surface area contributed by atoms with Crippen LogP contribution in [0.25, 0.3) is 10.2 Å². The smallest absolute Gasteiger partial charge is 0.0907 e. The van der Waals surface area contributed by atoms with E-state index in [1.54, 1.807) is 11.3 Å². The summed E-state index contributed by atoms with van der Waals surface area (Å²) in [5.41, 5.74) is 8.81. The molecule has 3 rings (SSSR count). The lowest BCUT2D eigenvalue weighted by Crippen LogP contribution is -2.18. The lowest BCUT2D eigenvalue weighted by Gasteiger charge is -2.13. The third kappa shape index (κ3) is 2.28. The van der Waals surface area contributed by atoms with Crippen LogP contribution in [0.15, 0.2) is 12.1 Å². The van der Waals surface area contributed by atoms with Crippen LogP contribution in [0.3, 0.4) is 0 Å². The highest BCUT2D eigenvalue weighted by atomic mass is 32.1. The summed E-state index contributed by atoms with van der Waals surface area (Å²) in [6.07, 6.45) is 2.61. The van der Waals surface area contributed by atoms with Crippen LogP contribution in [0.4, 0.5) is 11.4 Å².